The van der Waals surface area contributed by atoms with E-state index in [-0.39, 0.29) is 47.4 Å². The van der Waals surface area contributed by atoms with E-state index in [1.165, 1.54) is 24.9 Å². The first-order valence-corrected chi connectivity index (χ1v) is 9.51. The summed E-state index contributed by atoms with van der Waals surface area (Å²) < 4.78 is 15.5. The zero-order valence-corrected chi connectivity index (χ0v) is 16.6. The number of furan rings is 1. The van der Waals surface area contributed by atoms with Crippen LogP contribution in [0.15, 0.2) is 15.8 Å². The fourth-order valence-corrected chi connectivity index (χ4v) is 2.68. The number of aromatic nitrogens is 2. The maximum atomic E-state index is 12.2. The van der Waals surface area contributed by atoms with Crippen LogP contribution in [0.5, 0.6) is 0 Å². The van der Waals surface area contributed by atoms with E-state index in [0.717, 1.165) is 0 Å². The number of nitrogens with two attached hydrogens (primary N) is 1. The normalized spacial score (nSPS) is 10.4. The molecule has 0 saturated carbocycles. The average Bonchev–Trinajstić information content (AvgIpc) is 2.98. The molecule has 0 spiro atoms. The molecule has 1 amide bonds. The van der Waals surface area contributed by atoms with Gasteiger partial charge in [-0.05, 0) is 27.0 Å². The van der Waals surface area contributed by atoms with Crippen LogP contribution in [0.2, 0.25) is 0 Å². The Morgan fingerprint density at radius 2 is 1.82 bits per heavy atom. The topological polar surface area (TPSA) is 147 Å². The molecule has 28 heavy (non-hydrogen) atoms. The second-order valence-electron chi connectivity index (χ2n) is 5.29. The van der Waals surface area contributed by atoms with Crippen LogP contribution in [-0.2, 0) is 9.47 Å². The molecule has 0 aromatic carbocycles. The number of primary amides is 1. The smallest absolute Gasteiger partial charge is 0.343 e. The molecule has 3 N–H and O–H groups in total. The van der Waals surface area contributed by atoms with E-state index in [9.17, 15) is 14.4 Å². The summed E-state index contributed by atoms with van der Waals surface area (Å²) in [5, 5.41) is 3.12. The Morgan fingerprint density at radius 3 is 2.39 bits per heavy atom. The number of aryl methyl sites for hydroxylation is 1. The minimum atomic E-state index is -0.903. The van der Waals surface area contributed by atoms with Crippen LogP contribution >= 0.6 is 11.8 Å². The van der Waals surface area contributed by atoms with Gasteiger partial charge in [0.15, 0.2) is 11.0 Å². The van der Waals surface area contributed by atoms with Crippen LogP contribution in [0, 0.1) is 6.92 Å². The Balaban J connectivity index is 2.56. The largest absolute Gasteiger partial charge is 0.462 e. The lowest BCUT2D eigenvalue weighted by molar-refractivity contribution is 0.0514. The van der Waals surface area contributed by atoms with Crippen molar-refractivity contribution in [1.82, 2.24) is 9.97 Å². The Labute approximate surface area is 165 Å². The number of amides is 1. The summed E-state index contributed by atoms with van der Waals surface area (Å²) in [5.41, 5.74) is 5.18. The van der Waals surface area contributed by atoms with Crippen LogP contribution in [0.25, 0.3) is 0 Å². The van der Waals surface area contributed by atoms with E-state index in [1.807, 2.05) is 0 Å². The summed E-state index contributed by atoms with van der Waals surface area (Å²) >= 11 is 1.25. The van der Waals surface area contributed by atoms with Gasteiger partial charge in [0.1, 0.15) is 22.5 Å². The molecule has 2 aromatic rings. The Morgan fingerprint density at radius 1 is 1.18 bits per heavy atom. The monoisotopic (exact) mass is 408 g/mol. The van der Waals surface area contributed by atoms with Crippen molar-refractivity contribution in [3.05, 3.63) is 28.6 Å². The summed E-state index contributed by atoms with van der Waals surface area (Å²) in [6.07, 6.45) is 3.05. The van der Waals surface area contributed by atoms with Gasteiger partial charge in [-0.1, -0.05) is 11.8 Å². The SMILES string of the molecule is CCOC(=O)c1cnc(SC)nc1Nc1oc(C)c(C(=O)OCC)c1C(N)=O. The molecule has 0 radical (unpaired) electrons. The standard InChI is InChI=1S/C17H20N4O6S/c1-5-25-15(23)9-7-19-17(28-4)21-13(9)20-14-11(12(18)22)10(8(3)27-14)16(24)26-6-2/h7H,5-6H2,1-4H3,(H2,18,22)(H,19,20,21). The molecule has 0 aliphatic carbocycles. The van der Waals surface area contributed by atoms with Gasteiger partial charge in [0.25, 0.3) is 5.91 Å². The quantitative estimate of drug-likeness (QED) is 0.379. The number of ether oxygens (including phenoxy) is 2. The third kappa shape index (κ3) is 4.42. The Bertz CT molecular complexity index is 911. The number of carbonyl (C=O) groups excluding carboxylic acids is 3. The molecule has 10 nitrogen and oxygen atoms in total. The lowest BCUT2D eigenvalue weighted by Crippen LogP contribution is -2.18. The van der Waals surface area contributed by atoms with E-state index in [1.54, 1.807) is 20.1 Å². The molecular weight excluding hydrogens is 388 g/mol. The number of carbonyl (C=O) groups is 3. The van der Waals surface area contributed by atoms with Gasteiger partial charge in [-0.25, -0.2) is 19.6 Å². The van der Waals surface area contributed by atoms with Gasteiger partial charge in [-0.15, -0.1) is 0 Å². The van der Waals surface area contributed by atoms with Crippen LogP contribution in [0.3, 0.4) is 0 Å². The molecule has 150 valence electrons. The number of nitrogens with zero attached hydrogens (tertiary/aromatic N) is 2. The number of rotatable bonds is 8. The Hall–Kier alpha value is -3.08. The van der Waals surface area contributed by atoms with Crippen molar-refractivity contribution < 1.29 is 28.3 Å². The third-order valence-corrected chi connectivity index (χ3v) is 4.05. The molecule has 0 saturated heterocycles. The van der Waals surface area contributed by atoms with Gasteiger partial charge in [0, 0.05) is 6.20 Å². The zero-order valence-electron chi connectivity index (χ0n) is 15.8. The maximum absolute atomic E-state index is 12.2. The summed E-state index contributed by atoms with van der Waals surface area (Å²) in [4.78, 5) is 44.6. The fraction of sp³-hybridized carbons (Fsp3) is 0.353. The highest BCUT2D eigenvalue weighted by atomic mass is 32.2. The molecule has 0 aliphatic heterocycles. The highest BCUT2D eigenvalue weighted by molar-refractivity contribution is 7.98. The molecular formula is C17H20N4O6S. The van der Waals surface area contributed by atoms with E-state index in [2.05, 4.69) is 15.3 Å². The average molecular weight is 408 g/mol. The number of anilines is 2. The molecule has 11 heteroatoms. The van der Waals surface area contributed by atoms with Gasteiger partial charge in [0.2, 0.25) is 5.88 Å². The first kappa shape index (κ1) is 21.2. The molecule has 0 atom stereocenters. The number of esters is 2. The van der Waals surface area contributed by atoms with Crippen molar-refractivity contribution in [2.24, 2.45) is 5.73 Å². The predicted molar refractivity (Wildman–Crippen MR) is 101 cm³/mol. The summed E-state index contributed by atoms with van der Waals surface area (Å²) in [5.74, 6) is -2.27. The summed E-state index contributed by atoms with van der Waals surface area (Å²) in [6.45, 7) is 5.05. The van der Waals surface area contributed by atoms with Crippen LogP contribution < -0.4 is 11.1 Å². The highest BCUT2D eigenvalue weighted by Crippen LogP contribution is 2.31. The van der Waals surface area contributed by atoms with Crippen molar-refractivity contribution in [3.8, 4) is 0 Å². The van der Waals surface area contributed by atoms with Gasteiger partial charge in [-0.2, -0.15) is 0 Å². The van der Waals surface area contributed by atoms with Crippen molar-refractivity contribution in [3.63, 3.8) is 0 Å². The van der Waals surface area contributed by atoms with E-state index >= 15 is 0 Å². The lowest BCUT2D eigenvalue weighted by atomic mass is 10.1. The van der Waals surface area contributed by atoms with E-state index in [0.29, 0.717) is 5.16 Å². The molecule has 2 heterocycles. The second kappa shape index (κ2) is 9.22. The van der Waals surface area contributed by atoms with Crippen molar-refractivity contribution in [1.29, 1.82) is 0 Å². The van der Waals surface area contributed by atoms with Crippen LogP contribution in [0.4, 0.5) is 11.7 Å². The minimum absolute atomic E-state index is 0.0295. The first-order chi connectivity index (χ1) is 13.3. The van der Waals surface area contributed by atoms with Crippen molar-refractivity contribution in [2.75, 3.05) is 24.8 Å². The number of hydrogen-bond donors (Lipinski definition) is 2. The molecule has 0 fully saturated rings. The van der Waals surface area contributed by atoms with Gasteiger partial charge in [0.05, 0.1) is 13.2 Å². The van der Waals surface area contributed by atoms with Crippen LogP contribution in [0.1, 0.15) is 50.7 Å². The van der Waals surface area contributed by atoms with Crippen molar-refractivity contribution in [2.45, 2.75) is 25.9 Å². The van der Waals surface area contributed by atoms with Crippen LogP contribution in [-0.4, -0.2) is 47.3 Å². The lowest BCUT2D eigenvalue weighted by Gasteiger charge is -2.10. The number of nitrogens with one attached hydrogen (secondary N) is 1. The molecule has 0 aliphatic rings. The summed E-state index contributed by atoms with van der Waals surface area (Å²) in [7, 11) is 0. The second-order valence-corrected chi connectivity index (χ2v) is 6.06. The summed E-state index contributed by atoms with van der Waals surface area (Å²) in [6, 6.07) is 0. The number of thioether (sulfide) groups is 1. The zero-order chi connectivity index (χ0) is 20.8. The predicted octanol–water partition coefficient (Wildman–Crippen LogP) is 2.30. The van der Waals surface area contributed by atoms with Crippen molar-refractivity contribution >= 4 is 41.3 Å². The molecule has 2 aromatic heterocycles. The minimum Gasteiger partial charge on any atom is -0.462 e. The highest BCUT2D eigenvalue weighted by Gasteiger charge is 2.29. The molecule has 0 unspecified atom stereocenters. The number of hydrogen-bond acceptors (Lipinski definition) is 10. The van der Waals surface area contributed by atoms with Gasteiger partial charge >= 0.3 is 11.9 Å². The van der Waals surface area contributed by atoms with Gasteiger partial charge < -0.3 is 24.9 Å². The fourth-order valence-electron chi connectivity index (χ4n) is 2.34. The third-order valence-electron chi connectivity index (χ3n) is 3.49. The first-order valence-electron chi connectivity index (χ1n) is 8.29. The van der Waals surface area contributed by atoms with Gasteiger partial charge in [-0.3, -0.25) is 4.79 Å². The molecule has 2 rings (SSSR count). The Kier molecular flexibility index (Phi) is 6.99. The molecule has 0 bridgehead atoms. The maximum Gasteiger partial charge on any atom is 0.343 e. The van der Waals surface area contributed by atoms with E-state index in [4.69, 9.17) is 19.6 Å². The van der Waals surface area contributed by atoms with E-state index < -0.39 is 17.8 Å².